The van der Waals surface area contributed by atoms with Crippen LogP contribution in [-0.2, 0) is 9.53 Å². The largest absolute Gasteiger partial charge is 0.503 e. The molecule has 37 heavy (non-hydrogen) atoms. The number of aliphatic hydroxyl groups excluding tert-OH is 1. The molecule has 10 heteroatoms. The third-order valence-electron chi connectivity index (χ3n) is 5.91. The second-order valence-electron chi connectivity index (χ2n) is 8.26. The maximum absolute atomic E-state index is 13.5. The molecule has 1 unspecified atom stereocenters. The Morgan fingerprint density at radius 2 is 1.97 bits per heavy atom. The molecule has 0 fully saturated rings. The van der Waals surface area contributed by atoms with Gasteiger partial charge in [0.1, 0.15) is 11.5 Å². The summed E-state index contributed by atoms with van der Waals surface area (Å²) in [7, 11) is 1.26. The van der Waals surface area contributed by atoms with Crippen LogP contribution in [0.1, 0.15) is 45.2 Å². The minimum atomic E-state index is -1.07. The Kier molecular flexibility index (Phi) is 6.26. The van der Waals surface area contributed by atoms with E-state index in [4.69, 9.17) is 13.9 Å². The van der Waals surface area contributed by atoms with Crippen LogP contribution in [0, 0.1) is 6.92 Å². The molecular weight excluding hydrogens is 496 g/mol. The van der Waals surface area contributed by atoms with Gasteiger partial charge in [-0.15, -0.1) is 0 Å². The Morgan fingerprint density at radius 3 is 2.68 bits per heavy atom. The number of thiazole rings is 1. The number of carbonyl (C=O) groups excluding carboxylic acids is 3. The van der Waals surface area contributed by atoms with E-state index in [9.17, 15) is 19.5 Å². The van der Waals surface area contributed by atoms with Gasteiger partial charge in [0, 0.05) is 0 Å². The lowest BCUT2D eigenvalue weighted by atomic mass is 9.94. The van der Waals surface area contributed by atoms with Crippen molar-refractivity contribution in [2.75, 3.05) is 18.6 Å². The minimum Gasteiger partial charge on any atom is -0.503 e. The van der Waals surface area contributed by atoms with Crippen LogP contribution in [0.15, 0.2) is 70.3 Å². The molecule has 0 bridgehead atoms. The van der Waals surface area contributed by atoms with Crippen molar-refractivity contribution < 1.29 is 33.4 Å². The number of rotatable bonds is 7. The predicted molar refractivity (Wildman–Crippen MR) is 136 cm³/mol. The van der Waals surface area contributed by atoms with Crippen LogP contribution in [0.4, 0.5) is 5.13 Å². The summed E-state index contributed by atoms with van der Waals surface area (Å²) in [4.78, 5) is 45.1. The Balaban J connectivity index is 1.67. The third kappa shape index (κ3) is 4.25. The van der Waals surface area contributed by atoms with E-state index < -0.39 is 29.5 Å². The number of esters is 1. The van der Waals surface area contributed by atoms with Crippen LogP contribution < -0.4 is 9.64 Å². The van der Waals surface area contributed by atoms with E-state index in [1.165, 1.54) is 35.5 Å². The first-order valence-corrected chi connectivity index (χ1v) is 12.2. The first-order chi connectivity index (χ1) is 17.8. The number of aryl methyl sites for hydroxylation is 1. The number of amides is 1. The number of carbonyl (C=O) groups is 3. The average molecular weight is 519 g/mol. The van der Waals surface area contributed by atoms with Gasteiger partial charge in [0.2, 0.25) is 5.78 Å². The number of anilines is 1. The molecule has 5 rings (SSSR count). The Hall–Kier alpha value is -4.44. The zero-order valence-electron chi connectivity index (χ0n) is 20.2. The van der Waals surface area contributed by atoms with E-state index >= 15 is 0 Å². The number of furan rings is 1. The van der Waals surface area contributed by atoms with Crippen molar-refractivity contribution in [3.05, 3.63) is 88.6 Å². The van der Waals surface area contributed by atoms with Crippen molar-refractivity contribution in [3.8, 4) is 5.75 Å². The molecular formula is C27H22N2O7S. The van der Waals surface area contributed by atoms with Crippen LogP contribution in [0.2, 0.25) is 0 Å². The van der Waals surface area contributed by atoms with Crippen molar-refractivity contribution in [3.63, 3.8) is 0 Å². The number of fused-ring (bicyclic) bond motifs is 1. The third-order valence-corrected chi connectivity index (χ3v) is 6.92. The Bertz CT molecular complexity index is 1580. The molecule has 1 aliphatic heterocycles. The maximum Gasteiger partial charge on any atom is 0.337 e. The molecule has 0 aliphatic carbocycles. The number of nitrogens with zero attached hydrogens (tertiary/aromatic N) is 2. The molecule has 2 aromatic carbocycles. The molecule has 0 radical (unpaired) electrons. The number of aromatic nitrogens is 1. The van der Waals surface area contributed by atoms with Gasteiger partial charge in [-0.05, 0) is 61.9 Å². The van der Waals surface area contributed by atoms with E-state index in [1.54, 1.807) is 43.3 Å². The Morgan fingerprint density at radius 1 is 1.16 bits per heavy atom. The normalized spacial score (nSPS) is 15.5. The van der Waals surface area contributed by atoms with Crippen molar-refractivity contribution >= 4 is 44.3 Å². The number of ketones is 1. The highest BCUT2D eigenvalue weighted by Crippen LogP contribution is 2.44. The fraction of sp³-hybridized carbons (Fsp3) is 0.185. The number of aliphatic hydroxyl groups is 1. The van der Waals surface area contributed by atoms with Crippen molar-refractivity contribution in [2.45, 2.75) is 19.9 Å². The van der Waals surface area contributed by atoms with Crippen molar-refractivity contribution in [2.24, 2.45) is 0 Å². The van der Waals surface area contributed by atoms with Crippen LogP contribution in [-0.4, -0.2) is 41.5 Å². The summed E-state index contributed by atoms with van der Waals surface area (Å²) < 4.78 is 16.7. The van der Waals surface area contributed by atoms with E-state index in [2.05, 4.69) is 4.98 Å². The standard InChI is InChI=1S/C27H22N2O7S/c1-4-35-17-9-10-18-20(13-17)37-27(28-18)29-22(15-6-5-7-16(12-15)26(33)34-3)21(24(31)25(29)32)23(30)19-11-8-14(2)36-19/h5-13,22,31H,4H2,1-3H3. The molecule has 9 nitrogen and oxygen atoms in total. The predicted octanol–water partition coefficient (Wildman–Crippen LogP) is 5.17. The van der Waals surface area contributed by atoms with E-state index in [-0.39, 0.29) is 22.0 Å². The first-order valence-electron chi connectivity index (χ1n) is 11.4. The number of benzene rings is 2. The van der Waals surface area contributed by atoms with Crippen LogP contribution >= 0.6 is 11.3 Å². The number of hydrogen-bond acceptors (Lipinski definition) is 9. The van der Waals surface area contributed by atoms with E-state index in [0.29, 0.717) is 29.2 Å². The number of methoxy groups -OCH3 is 1. The molecule has 1 aliphatic rings. The van der Waals surface area contributed by atoms with Crippen LogP contribution in [0.5, 0.6) is 5.75 Å². The number of Topliss-reactive ketones (excluding diaryl/α,β-unsaturated/α-hetero) is 1. The summed E-state index contributed by atoms with van der Waals surface area (Å²) >= 11 is 1.22. The molecule has 1 atom stereocenters. The molecule has 1 N–H and O–H groups in total. The highest BCUT2D eigenvalue weighted by Gasteiger charge is 2.46. The second kappa shape index (κ2) is 9.55. The molecule has 0 saturated carbocycles. The lowest BCUT2D eigenvalue weighted by molar-refractivity contribution is -0.117. The van der Waals surface area contributed by atoms with E-state index in [1.807, 2.05) is 13.0 Å². The SMILES string of the molecule is CCOc1ccc2nc(N3C(=O)C(O)=C(C(=O)c4ccc(C)o4)C3c3cccc(C(=O)OC)c3)sc2c1. The van der Waals surface area contributed by atoms with Gasteiger partial charge in [-0.2, -0.15) is 0 Å². The summed E-state index contributed by atoms with van der Waals surface area (Å²) in [6.45, 7) is 4.06. The highest BCUT2D eigenvalue weighted by molar-refractivity contribution is 7.22. The van der Waals surface area contributed by atoms with Gasteiger partial charge in [-0.3, -0.25) is 14.5 Å². The summed E-state index contributed by atoms with van der Waals surface area (Å²) in [5.41, 5.74) is 1.10. The fourth-order valence-corrected chi connectivity index (χ4v) is 5.27. The number of ether oxygens (including phenoxy) is 2. The second-order valence-corrected chi connectivity index (χ2v) is 9.26. The number of hydrogen-bond donors (Lipinski definition) is 1. The lowest BCUT2D eigenvalue weighted by Gasteiger charge is -2.24. The zero-order valence-corrected chi connectivity index (χ0v) is 21.0. The molecule has 0 saturated heterocycles. The minimum absolute atomic E-state index is 0.0199. The summed E-state index contributed by atoms with van der Waals surface area (Å²) in [5.74, 6) is -1.58. The van der Waals surface area contributed by atoms with Crippen molar-refractivity contribution in [1.82, 2.24) is 4.98 Å². The zero-order chi connectivity index (χ0) is 26.3. The summed E-state index contributed by atoms with van der Waals surface area (Å²) in [5, 5.41) is 11.2. The molecule has 0 spiro atoms. The van der Waals surface area contributed by atoms with Gasteiger partial charge in [0.15, 0.2) is 16.7 Å². The van der Waals surface area contributed by atoms with Crippen LogP contribution in [0.25, 0.3) is 10.2 Å². The Labute approximate surface area is 215 Å². The highest BCUT2D eigenvalue weighted by atomic mass is 32.1. The smallest absolute Gasteiger partial charge is 0.337 e. The topological polar surface area (TPSA) is 119 Å². The van der Waals surface area contributed by atoms with Gasteiger partial charge < -0.3 is 19.0 Å². The molecule has 4 aromatic rings. The van der Waals surface area contributed by atoms with Gasteiger partial charge in [-0.1, -0.05) is 23.5 Å². The van der Waals surface area contributed by atoms with Gasteiger partial charge in [0.05, 0.1) is 41.1 Å². The quantitative estimate of drug-likeness (QED) is 0.263. The monoisotopic (exact) mass is 518 g/mol. The first kappa shape index (κ1) is 24.3. The molecule has 188 valence electrons. The average Bonchev–Trinajstić information content (AvgIpc) is 3.59. The van der Waals surface area contributed by atoms with Gasteiger partial charge in [-0.25, -0.2) is 9.78 Å². The van der Waals surface area contributed by atoms with Gasteiger partial charge >= 0.3 is 5.97 Å². The van der Waals surface area contributed by atoms with Gasteiger partial charge in [0.25, 0.3) is 5.91 Å². The molecule has 3 heterocycles. The molecule has 2 aromatic heterocycles. The maximum atomic E-state index is 13.5. The van der Waals surface area contributed by atoms with Crippen LogP contribution in [0.3, 0.4) is 0 Å². The summed E-state index contributed by atoms with van der Waals surface area (Å²) in [6.07, 6.45) is 0. The fourth-order valence-electron chi connectivity index (χ4n) is 4.25. The van der Waals surface area contributed by atoms with E-state index in [0.717, 1.165) is 4.70 Å². The summed E-state index contributed by atoms with van der Waals surface area (Å²) in [6, 6.07) is 13.8. The van der Waals surface area contributed by atoms with Crippen molar-refractivity contribution in [1.29, 1.82) is 0 Å². The molecule has 1 amide bonds. The lowest BCUT2D eigenvalue weighted by Crippen LogP contribution is -2.31.